The predicted octanol–water partition coefficient (Wildman–Crippen LogP) is 4.52. The molecule has 1 aliphatic heterocycles. The van der Waals surface area contributed by atoms with Gasteiger partial charge >= 0.3 is 5.69 Å². The van der Waals surface area contributed by atoms with Crippen molar-refractivity contribution in [1.29, 1.82) is 5.26 Å². The Bertz CT molecular complexity index is 1160. The fourth-order valence-electron chi connectivity index (χ4n) is 4.33. The highest BCUT2D eigenvalue weighted by atomic mass is 127. The minimum absolute atomic E-state index is 0.154. The van der Waals surface area contributed by atoms with E-state index in [9.17, 15) is 9.59 Å². The Morgan fingerprint density at radius 2 is 1.88 bits per heavy atom. The van der Waals surface area contributed by atoms with Gasteiger partial charge in [0.15, 0.2) is 6.23 Å². The lowest BCUT2D eigenvalue weighted by Crippen LogP contribution is -2.49. The highest BCUT2D eigenvalue weighted by Gasteiger charge is 2.30. The van der Waals surface area contributed by atoms with Gasteiger partial charge in [-0.05, 0) is 40.2 Å². The Morgan fingerprint density at radius 3 is 2.45 bits per heavy atom. The molecule has 1 fully saturated rings. The summed E-state index contributed by atoms with van der Waals surface area (Å²) in [7, 11) is 0.618. The molecule has 2 heterocycles. The average molecular weight is 690 g/mol. The predicted molar refractivity (Wildman–Crippen MR) is 164 cm³/mol. The monoisotopic (exact) mass is 689 g/mol. The lowest BCUT2D eigenvalue weighted by atomic mass is 10.2. The Labute approximate surface area is 252 Å². The minimum Gasteiger partial charge on any atom is -0.349 e. The van der Waals surface area contributed by atoms with Crippen molar-refractivity contribution in [3.63, 3.8) is 0 Å². The molecule has 1 saturated heterocycles. The molecule has 1 N–H and O–H groups in total. The van der Waals surface area contributed by atoms with Crippen LogP contribution in [0.25, 0.3) is 0 Å². The highest BCUT2D eigenvalue weighted by molar-refractivity contribution is 14.1. The van der Waals surface area contributed by atoms with Crippen LogP contribution in [0.4, 0.5) is 0 Å². The first-order valence-electron chi connectivity index (χ1n) is 13.2. The first-order valence-corrected chi connectivity index (χ1v) is 15.2. The Balaban J connectivity index is 0.000000323. The number of morpholine rings is 1. The van der Waals surface area contributed by atoms with Gasteiger partial charge in [0, 0.05) is 50.6 Å². The topological polar surface area (TPSA) is 122 Å². The van der Waals surface area contributed by atoms with Crippen molar-refractivity contribution in [1.82, 2.24) is 19.1 Å². The number of rotatable bonds is 12. The third-order valence-corrected chi connectivity index (χ3v) is 8.37. The molecule has 1 unspecified atom stereocenters. The summed E-state index contributed by atoms with van der Waals surface area (Å²) in [6, 6.07) is 13.0. The number of nitriles is 1. The van der Waals surface area contributed by atoms with Crippen molar-refractivity contribution in [3.8, 4) is 6.07 Å². The maximum absolute atomic E-state index is 12.2. The summed E-state index contributed by atoms with van der Waals surface area (Å²) < 4.78 is 25.8. The van der Waals surface area contributed by atoms with Gasteiger partial charge in [-0.25, -0.2) is 9.46 Å². The van der Waals surface area contributed by atoms with Crippen LogP contribution in [-0.4, -0.2) is 70.7 Å². The normalized spacial score (nSPS) is 18.4. The van der Waals surface area contributed by atoms with Crippen molar-refractivity contribution >= 4 is 31.5 Å². The second-order valence-electron chi connectivity index (χ2n) is 9.88. The van der Waals surface area contributed by atoms with Gasteiger partial charge in [-0.1, -0.05) is 30.3 Å². The smallest absolute Gasteiger partial charge is 0.330 e. The van der Waals surface area contributed by atoms with Gasteiger partial charge < -0.3 is 16.9 Å². The van der Waals surface area contributed by atoms with Crippen LogP contribution in [0.15, 0.2) is 46.1 Å². The van der Waals surface area contributed by atoms with E-state index >= 15 is 0 Å². The van der Waals surface area contributed by atoms with Crippen LogP contribution in [-0.2, 0) is 23.4 Å². The summed E-state index contributed by atoms with van der Waals surface area (Å²) in [5.41, 5.74) is 0.842. The van der Waals surface area contributed by atoms with Crippen LogP contribution in [0.1, 0.15) is 51.5 Å². The summed E-state index contributed by atoms with van der Waals surface area (Å²) in [4.78, 5) is 28.4. The van der Waals surface area contributed by atoms with Gasteiger partial charge in [-0.15, -0.1) is 0 Å². The number of halogens is 1. The molecule has 0 radical (unpaired) electrons. The van der Waals surface area contributed by atoms with Crippen LogP contribution in [0.5, 0.6) is 0 Å². The zero-order valence-electron chi connectivity index (χ0n) is 24.1. The zero-order chi connectivity index (χ0) is 29.7. The van der Waals surface area contributed by atoms with Gasteiger partial charge in [0.2, 0.25) is 0 Å². The van der Waals surface area contributed by atoms with E-state index in [2.05, 4.69) is 60.5 Å². The largest absolute Gasteiger partial charge is 0.349 e. The molecule has 13 heteroatoms. The standard InChI is InChI=1S/C17H20IN3O4.C10H21N2O2P/c1-12-7-21(17(23)19-16(12)22)15-10-20(9-14(25-15)11-24-18)8-13-5-3-2-4-6-13;1-9(2)12(10(3)4)15(13-5)14-8-6-7-11/h2-7,14-15H,8-11H2,1H3,(H,19,22,23);9-10H,6,8H2,1-5H3/t14-,15+;/m0./s1. The molecular formula is C27H41IN5O6P. The van der Waals surface area contributed by atoms with Crippen molar-refractivity contribution in [2.24, 2.45) is 0 Å². The van der Waals surface area contributed by atoms with Crippen LogP contribution < -0.4 is 11.2 Å². The highest BCUT2D eigenvalue weighted by Crippen LogP contribution is 2.44. The molecule has 1 aliphatic rings. The van der Waals surface area contributed by atoms with E-state index in [-0.39, 0.29) is 11.7 Å². The molecule has 0 spiro atoms. The maximum Gasteiger partial charge on any atom is 0.330 e. The molecule has 0 saturated carbocycles. The third kappa shape index (κ3) is 10.9. The van der Waals surface area contributed by atoms with E-state index in [0.29, 0.717) is 50.4 Å². The summed E-state index contributed by atoms with van der Waals surface area (Å²) in [5.74, 6) is 0. The fourth-order valence-corrected chi connectivity index (χ4v) is 6.16. The van der Waals surface area contributed by atoms with Crippen molar-refractivity contribution in [2.75, 3.05) is 33.4 Å². The van der Waals surface area contributed by atoms with Gasteiger partial charge in [0.05, 0.1) is 31.8 Å². The van der Waals surface area contributed by atoms with Gasteiger partial charge in [-0.2, -0.15) is 5.26 Å². The Morgan fingerprint density at radius 1 is 1.20 bits per heavy atom. The molecule has 3 rings (SSSR count). The Hall–Kier alpha value is -1.69. The molecule has 11 nitrogen and oxygen atoms in total. The molecule has 0 bridgehead atoms. The number of aromatic amines is 1. The first kappa shape index (κ1) is 34.5. The second-order valence-corrected chi connectivity index (χ2v) is 12.1. The number of hydrogen-bond donors (Lipinski definition) is 1. The quantitative estimate of drug-likeness (QED) is 0.195. The van der Waals surface area contributed by atoms with E-state index in [1.807, 2.05) is 41.2 Å². The third-order valence-electron chi connectivity index (χ3n) is 6.00. The number of H-pyrrole nitrogens is 1. The van der Waals surface area contributed by atoms with E-state index in [1.165, 1.54) is 10.1 Å². The molecule has 222 valence electrons. The van der Waals surface area contributed by atoms with E-state index in [0.717, 1.165) is 6.54 Å². The van der Waals surface area contributed by atoms with Gasteiger partial charge in [-0.3, -0.25) is 19.2 Å². The lowest BCUT2D eigenvalue weighted by Gasteiger charge is -2.38. The summed E-state index contributed by atoms with van der Waals surface area (Å²) in [5, 5.41) is 8.43. The number of ether oxygens (including phenoxy) is 1. The van der Waals surface area contributed by atoms with Crippen LogP contribution >= 0.6 is 31.5 Å². The molecule has 40 heavy (non-hydrogen) atoms. The SMILES string of the molecule is COP(OCCC#N)N(C(C)C)C(C)C.Cc1cn([C@H]2CN(Cc3ccccc3)C[C@@H](COI)O2)c(=O)[nH]c1=O. The summed E-state index contributed by atoms with van der Waals surface area (Å²) in [6.45, 7) is 13.0. The lowest BCUT2D eigenvalue weighted by molar-refractivity contribution is -0.132. The molecule has 2 aromatic rings. The molecular weight excluding hydrogens is 648 g/mol. The van der Waals surface area contributed by atoms with Crippen molar-refractivity contribution < 1.29 is 16.9 Å². The first-order chi connectivity index (χ1) is 19.1. The second kappa shape index (κ2) is 18.0. The number of benzene rings is 1. The van der Waals surface area contributed by atoms with Crippen LogP contribution in [0.3, 0.4) is 0 Å². The van der Waals surface area contributed by atoms with Gasteiger partial charge in [0.1, 0.15) is 23.0 Å². The summed E-state index contributed by atoms with van der Waals surface area (Å²) in [6.07, 6.45) is 1.34. The number of aryl methyl sites for hydroxylation is 1. The van der Waals surface area contributed by atoms with E-state index < -0.39 is 20.4 Å². The maximum atomic E-state index is 12.2. The average Bonchev–Trinajstić information content (AvgIpc) is 2.91. The van der Waals surface area contributed by atoms with Crippen LogP contribution in [0, 0.1) is 18.3 Å². The summed E-state index contributed by atoms with van der Waals surface area (Å²) >= 11 is 1.84. The zero-order valence-corrected chi connectivity index (χ0v) is 27.1. The molecule has 0 aliphatic carbocycles. The molecule has 1 aromatic heterocycles. The van der Waals surface area contributed by atoms with Crippen molar-refractivity contribution in [3.05, 3.63) is 68.5 Å². The van der Waals surface area contributed by atoms with Crippen LogP contribution in [0.2, 0.25) is 0 Å². The Kier molecular flexibility index (Phi) is 15.5. The number of nitrogens with one attached hydrogen (secondary N) is 1. The molecule has 3 atom stereocenters. The van der Waals surface area contributed by atoms with Gasteiger partial charge in [0.25, 0.3) is 14.1 Å². The molecule has 1 aromatic carbocycles. The number of hydrogen-bond acceptors (Lipinski definition) is 9. The van der Waals surface area contributed by atoms with Crippen molar-refractivity contribution in [2.45, 2.75) is 72.0 Å². The number of aromatic nitrogens is 2. The fraction of sp³-hybridized carbons (Fsp3) is 0.593. The van der Waals surface area contributed by atoms with E-state index in [1.54, 1.807) is 20.2 Å². The van der Waals surface area contributed by atoms with E-state index in [4.69, 9.17) is 22.1 Å². The molecule has 0 amide bonds. The minimum atomic E-state index is -1.03. The number of nitrogens with zero attached hydrogens (tertiary/aromatic N) is 4.